The van der Waals surface area contributed by atoms with E-state index in [2.05, 4.69) is 31.4 Å². The number of hydrogen-bond acceptors (Lipinski definition) is 6. The lowest BCUT2D eigenvalue weighted by Crippen LogP contribution is -2.56. The van der Waals surface area contributed by atoms with Crippen LogP contribution in [-0.4, -0.2) is 56.0 Å². The van der Waals surface area contributed by atoms with Crippen LogP contribution in [0.25, 0.3) is 0 Å². The summed E-state index contributed by atoms with van der Waals surface area (Å²) in [5.74, 6) is -1.34. The summed E-state index contributed by atoms with van der Waals surface area (Å²) in [5, 5.41) is 5.84. The molecule has 8 nitrogen and oxygen atoms in total. The summed E-state index contributed by atoms with van der Waals surface area (Å²) in [4.78, 5) is 37.7. The lowest BCUT2D eigenvalue weighted by Gasteiger charge is -2.44. The minimum atomic E-state index is -0.826. The number of unbranched alkanes of at least 4 members (excludes halogenated alkanes) is 6. The molecular weight excluding hydrogens is 484 g/mol. The fourth-order valence-corrected chi connectivity index (χ4v) is 4.88. The Labute approximate surface area is 231 Å². The molecule has 38 heavy (non-hydrogen) atoms. The molecule has 0 aromatic rings. The molecule has 1 aliphatic rings. The van der Waals surface area contributed by atoms with Gasteiger partial charge in [0.25, 0.3) is 0 Å². The van der Waals surface area contributed by atoms with E-state index in [9.17, 15) is 14.4 Å². The molecule has 1 atom stereocenters. The fraction of sp³-hybridized carbons (Fsp3) is 0.900. The summed E-state index contributed by atoms with van der Waals surface area (Å²) in [6.07, 6.45) is 11.3. The van der Waals surface area contributed by atoms with Gasteiger partial charge in [0.2, 0.25) is 11.8 Å². The van der Waals surface area contributed by atoms with E-state index in [1.54, 1.807) is 13.8 Å². The number of hydrogen-bond donors (Lipinski definition) is 2. The van der Waals surface area contributed by atoms with Gasteiger partial charge in [-0.3, -0.25) is 14.4 Å². The molecule has 1 fully saturated rings. The molecular formula is C30H56N2O6. The lowest BCUT2D eigenvalue weighted by atomic mass is 9.76. The van der Waals surface area contributed by atoms with Gasteiger partial charge in [0, 0.05) is 23.9 Å². The Morgan fingerprint density at radius 1 is 0.868 bits per heavy atom. The Morgan fingerprint density at radius 2 is 1.50 bits per heavy atom. The molecule has 1 rings (SSSR count). The van der Waals surface area contributed by atoms with Crippen molar-refractivity contribution in [2.45, 2.75) is 137 Å². The molecule has 1 aliphatic heterocycles. The van der Waals surface area contributed by atoms with Crippen molar-refractivity contribution < 1.29 is 28.6 Å². The van der Waals surface area contributed by atoms with Crippen LogP contribution >= 0.6 is 0 Å². The van der Waals surface area contributed by atoms with Gasteiger partial charge in [-0.15, -0.1) is 0 Å². The maximum absolute atomic E-state index is 13.0. The van der Waals surface area contributed by atoms with Crippen LogP contribution in [0.1, 0.15) is 126 Å². The molecule has 0 aromatic heterocycles. The molecule has 0 aliphatic carbocycles. The predicted molar refractivity (Wildman–Crippen MR) is 151 cm³/mol. The molecule has 0 aromatic carbocycles. The second-order valence-corrected chi connectivity index (χ2v) is 11.9. The maximum atomic E-state index is 13.0. The van der Waals surface area contributed by atoms with E-state index < -0.39 is 17.3 Å². The summed E-state index contributed by atoms with van der Waals surface area (Å²) in [7, 11) is 0. The van der Waals surface area contributed by atoms with Crippen molar-refractivity contribution in [2.75, 3.05) is 26.3 Å². The number of carbonyl (C=O) groups is 3. The van der Waals surface area contributed by atoms with Crippen molar-refractivity contribution in [2.24, 2.45) is 10.8 Å². The van der Waals surface area contributed by atoms with Crippen LogP contribution in [0.15, 0.2) is 0 Å². The van der Waals surface area contributed by atoms with Gasteiger partial charge >= 0.3 is 5.97 Å². The maximum Gasteiger partial charge on any atom is 0.307 e. The van der Waals surface area contributed by atoms with E-state index >= 15 is 0 Å². The Bertz CT molecular complexity index is 718. The smallest absolute Gasteiger partial charge is 0.307 e. The highest BCUT2D eigenvalue weighted by Crippen LogP contribution is 2.35. The van der Waals surface area contributed by atoms with Crippen LogP contribution in [0, 0.1) is 10.8 Å². The SMILES string of the molecule is CCCCCCCCCC(CC)(CC)C(=O)NCCCOC(=O)CCNC(=O)C1OC(C)(C)OCC1(C)C. The molecule has 0 radical (unpaired) electrons. The second kappa shape index (κ2) is 17.1. The van der Waals surface area contributed by atoms with Gasteiger partial charge in [0.05, 0.1) is 19.6 Å². The third kappa shape index (κ3) is 12.0. The molecule has 1 heterocycles. The summed E-state index contributed by atoms with van der Waals surface area (Å²) in [6.45, 7) is 15.1. The van der Waals surface area contributed by atoms with Gasteiger partial charge in [-0.05, 0) is 39.5 Å². The molecule has 0 spiro atoms. The Hall–Kier alpha value is -1.67. The first-order chi connectivity index (χ1) is 17.9. The van der Waals surface area contributed by atoms with Gasteiger partial charge in [-0.2, -0.15) is 0 Å². The summed E-state index contributed by atoms with van der Waals surface area (Å²) >= 11 is 0. The van der Waals surface area contributed by atoms with Crippen molar-refractivity contribution in [1.82, 2.24) is 10.6 Å². The molecule has 1 unspecified atom stereocenters. The lowest BCUT2D eigenvalue weighted by molar-refractivity contribution is -0.304. The zero-order valence-electron chi connectivity index (χ0n) is 25.3. The zero-order chi connectivity index (χ0) is 28.7. The van der Waals surface area contributed by atoms with Crippen LogP contribution in [0.5, 0.6) is 0 Å². The van der Waals surface area contributed by atoms with Gasteiger partial charge < -0.3 is 24.8 Å². The number of rotatable bonds is 19. The van der Waals surface area contributed by atoms with E-state index in [1.165, 1.54) is 38.5 Å². The number of ether oxygens (including phenoxy) is 3. The first-order valence-corrected chi connectivity index (χ1v) is 15.0. The highest BCUT2D eigenvalue weighted by molar-refractivity contribution is 5.83. The minimum Gasteiger partial charge on any atom is -0.466 e. The van der Waals surface area contributed by atoms with Crippen molar-refractivity contribution in [3.05, 3.63) is 0 Å². The van der Waals surface area contributed by atoms with Crippen molar-refractivity contribution >= 4 is 17.8 Å². The zero-order valence-corrected chi connectivity index (χ0v) is 25.3. The molecule has 1 saturated heterocycles. The third-order valence-corrected chi connectivity index (χ3v) is 7.73. The van der Waals surface area contributed by atoms with E-state index in [-0.39, 0.29) is 42.8 Å². The molecule has 2 N–H and O–H groups in total. The molecule has 0 bridgehead atoms. The van der Waals surface area contributed by atoms with Crippen molar-refractivity contribution in [1.29, 1.82) is 0 Å². The van der Waals surface area contributed by atoms with Gasteiger partial charge in [0.1, 0.15) is 6.10 Å². The van der Waals surface area contributed by atoms with Crippen LogP contribution in [0.3, 0.4) is 0 Å². The van der Waals surface area contributed by atoms with Gasteiger partial charge in [-0.1, -0.05) is 79.6 Å². The van der Waals surface area contributed by atoms with E-state index in [0.717, 1.165) is 25.7 Å². The first kappa shape index (κ1) is 34.4. The van der Waals surface area contributed by atoms with Crippen LogP contribution in [-0.2, 0) is 28.6 Å². The topological polar surface area (TPSA) is 103 Å². The fourth-order valence-electron chi connectivity index (χ4n) is 4.88. The minimum absolute atomic E-state index is 0.0817. The van der Waals surface area contributed by atoms with Crippen LogP contribution in [0.4, 0.5) is 0 Å². The van der Waals surface area contributed by atoms with E-state index in [1.807, 2.05) is 13.8 Å². The average Bonchev–Trinajstić information content (AvgIpc) is 2.87. The van der Waals surface area contributed by atoms with Crippen molar-refractivity contribution in [3.8, 4) is 0 Å². The molecule has 8 heteroatoms. The number of amides is 2. The standard InChI is InChI=1S/C30H56N2O6/c1-8-11-12-13-14-15-16-19-30(9-2,10-3)27(35)32-20-17-22-36-24(33)18-21-31-26(34)25-28(4,5)23-37-29(6,7)38-25/h25H,8-23H2,1-7H3,(H,31,34)(H,32,35). The molecule has 0 saturated carbocycles. The first-order valence-electron chi connectivity index (χ1n) is 15.0. The van der Waals surface area contributed by atoms with Crippen molar-refractivity contribution in [3.63, 3.8) is 0 Å². The van der Waals surface area contributed by atoms with E-state index in [0.29, 0.717) is 19.6 Å². The Morgan fingerprint density at radius 3 is 2.13 bits per heavy atom. The number of carbonyl (C=O) groups excluding carboxylic acids is 3. The Balaban J connectivity index is 2.26. The second-order valence-electron chi connectivity index (χ2n) is 11.9. The number of nitrogens with one attached hydrogen (secondary N) is 2. The molecule has 222 valence electrons. The largest absolute Gasteiger partial charge is 0.466 e. The normalized spacial score (nSPS) is 18.6. The number of esters is 1. The summed E-state index contributed by atoms with van der Waals surface area (Å²) in [6, 6.07) is 0. The molecule has 2 amide bonds. The Kier molecular flexibility index (Phi) is 15.5. The van der Waals surface area contributed by atoms with Crippen LogP contribution in [0.2, 0.25) is 0 Å². The van der Waals surface area contributed by atoms with Gasteiger partial charge in [0.15, 0.2) is 5.79 Å². The highest BCUT2D eigenvalue weighted by Gasteiger charge is 2.45. The third-order valence-electron chi connectivity index (χ3n) is 7.73. The highest BCUT2D eigenvalue weighted by atomic mass is 16.7. The quantitative estimate of drug-likeness (QED) is 0.162. The summed E-state index contributed by atoms with van der Waals surface area (Å²) < 4.78 is 16.8. The summed E-state index contributed by atoms with van der Waals surface area (Å²) in [5.41, 5.74) is -0.776. The van der Waals surface area contributed by atoms with E-state index in [4.69, 9.17) is 14.2 Å². The van der Waals surface area contributed by atoms with Gasteiger partial charge in [-0.25, -0.2) is 0 Å². The monoisotopic (exact) mass is 540 g/mol. The average molecular weight is 541 g/mol. The van der Waals surface area contributed by atoms with Crippen LogP contribution < -0.4 is 10.6 Å². The predicted octanol–water partition coefficient (Wildman–Crippen LogP) is 5.67.